The fourth-order valence-electron chi connectivity index (χ4n) is 2.61. The van der Waals surface area contributed by atoms with Crippen molar-refractivity contribution in [3.8, 4) is 0 Å². The first-order valence-electron chi connectivity index (χ1n) is 7.13. The first-order valence-corrected chi connectivity index (χ1v) is 7.13. The molecule has 4 heteroatoms. The molecule has 0 bridgehead atoms. The highest BCUT2D eigenvalue weighted by molar-refractivity contribution is 5.55. The maximum atomic E-state index is 14.1. The second kappa shape index (κ2) is 6.87. The number of anilines is 1. The molecule has 3 nitrogen and oxygen atoms in total. The van der Waals surface area contributed by atoms with Crippen LogP contribution in [0.25, 0.3) is 0 Å². The number of aliphatic hydroxyl groups is 1. The number of aliphatic hydroxyl groups excluding tert-OH is 1. The predicted octanol–water partition coefficient (Wildman–Crippen LogP) is 2.29. The van der Waals surface area contributed by atoms with Gasteiger partial charge < -0.3 is 15.3 Å². The second-order valence-electron chi connectivity index (χ2n) is 5.17. The largest absolute Gasteiger partial charge is 0.391 e. The van der Waals surface area contributed by atoms with Crippen molar-refractivity contribution in [1.29, 1.82) is 0 Å². The SMILES string of the molecule is CCCNCc1cccc(F)c1N1CCCC(O)C1. The summed E-state index contributed by atoms with van der Waals surface area (Å²) in [6.45, 7) is 5.06. The number of hydrogen-bond acceptors (Lipinski definition) is 3. The first kappa shape index (κ1) is 14.3. The molecule has 2 rings (SSSR count). The molecule has 1 aromatic carbocycles. The average Bonchev–Trinajstić information content (AvgIpc) is 2.39. The van der Waals surface area contributed by atoms with Gasteiger partial charge in [0.25, 0.3) is 0 Å². The number of nitrogens with one attached hydrogen (secondary N) is 1. The van der Waals surface area contributed by atoms with E-state index in [1.54, 1.807) is 6.07 Å². The van der Waals surface area contributed by atoms with Gasteiger partial charge >= 0.3 is 0 Å². The summed E-state index contributed by atoms with van der Waals surface area (Å²) in [7, 11) is 0. The van der Waals surface area contributed by atoms with E-state index in [9.17, 15) is 9.50 Å². The molecule has 1 fully saturated rings. The molecule has 0 aromatic heterocycles. The summed E-state index contributed by atoms with van der Waals surface area (Å²) in [6, 6.07) is 5.21. The van der Waals surface area contributed by atoms with Gasteiger partial charge in [-0.1, -0.05) is 19.1 Å². The zero-order valence-electron chi connectivity index (χ0n) is 11.5. The van der Waals surface area contributed by atoms with Crippen molar-refractivity contribution in [2.24, 2.45) is 0 Å². The third kappa shape index (κ3) is 3.67. The summed E-state index contributed by atoms with van der Waals surface area (Å²) in [4.78, 5) is 1.98. The minimum Gasteiger partial charge on any atom is -0.391 e. The molecule has 0 amide bonds. The Labute approximate surface area is 114 Å². The van der Waals surface area contributed by atoms with Crippen LogP contribution < -0.4 is 10.2 Å². The molecule has 2 N–H and O–H groups in total. The van der Waals surface area contributed by atoms with Crippen molar-refractivity contribution < 1.29 is 9.50 Å². The highest BCUT2D eigenvalue weighted by Gasteiger charge is 2.22. The van der Waals surface area contributed by atoms with Crippen molar-refractivity contribution >= 4 is 5.69 Å². The molecule has 0 saturated carbocycles. The van der Waals surface area contributed by atoms with E-state index in [4.69, 9.17) is 0 Å². The summed E-state index contributed by atoms with van der Waals surface area (Å²) in [6.07, 6.45) is 2.45. The van der Waals surface area contributed by atoms with E-state index in [-0.39, 0.29) is 11.9 Å². The summed E-state index contributed by atoms with van der Waals surface area (Å²) in [5.74, 6) is -0.190. The van der Waals surface area contributed by atoms with E-state index in [2.05, 4.69) is 12.2 Å². The number of para-hydroxylation sites is 1. The molecule has 1 saturated heterocycles. The van der Waals surface area contributed by atoms with Crippen molar-refractivity contribution in [3.05, 3.63) is 29.6 Å². The van der Waals surface area contributed by atoms with Crippen LogP contribution in [-0.4, -0.2) is 30.8 Å². The molecule has 19 heavy (non-hydrogen) atoms. The number of halogens is 1. The van der Waals surface area contributed by atoms with Crippen LogP contribution in [0, 0.1) is 5.82 Å². The van der Waals surface area contributed by atoms with Gasteiger partial charge in [0.05, 0.1) is 11.8 Å². The Bertz CT molecular complexity index is 411. The van der Waals surface area contributed by atoms with Crippen LogP contribution in [0.5, 0.6) is 0 Å². The van der Waals surface area contributed by atoms with Gasteiger partial charge in [0.15, 0.2) is 0 Å². The van der Waals surface area contributed by atoms with Crippen LogP contribution in [0.4, 0.5) is 10.1 Å². The monoisotopic (exact) mass is 266 g/mol. The number of hydrogen-bond donors (Lipinski definition) is 2. The molecule has 1 unspecified atom stereocenters. The van der Waals surface area contributed by atoms with E-state index in [1.807, 2.05) is 11.0 Å². The lowest BCUT2D eigenvalue weighted by Gasteiger charge is -2.33. The van der Waals surface area contributed by atoms with Gasteiger partial charge in [0.1, 0.15) is 5.82 Å². The van der Waals surface area contributed by atoms with Crippen LogP contribution >= 0.6 is 0 Å². The lowest BCUT2D eigenvalue weighted by Crippen LogP contribution is -2.39. The van der Waals surface area contributed by atoms with Crippen LogP contribution in [-0.2, 0) is 6.54 Å². The first-order chi connectivity index (χ1) is 9.22. The summed E-state index contributed by atoms with van der Waals surface area (Å²) < 4.78 is 14.1. The van der Waals surface area contributed by atoms with Crippen molar-refractivity contribution in [1.82, 2.24) is 5.32 Å². The van der Waals surface area contributed by atoms with Gasteiger partial charge in [-0.15, -0.1) is 0 Å². The fourth-order valence-corrected chi connectivity index (χ4v) is 2.61. The van der Waals surface area contributed by atoms with Gasteiger partial charge in [0, 0.05) is 19.6 Å². The third-order valence-corrected chi connectivity index (χ3v) is 3.53. The van der Waals surface area contributed by atoms with E-state index < -0.39 is 0 Å². The number of piperidine rings is 1. The highest BCUT2D eigenvalue weighted by atomic mass is 19.1. The lowest BCUT2D eigenvalue weighted by atomic mass is 10.0. The quantitative estimate of drug-likeness (QED) is 0.803. The predicted molar refractivity (Wildman–Crippen MR) is 75.9 cm³/mol. The van der Waals surface area contributed by atoms with Gasteiger partial charge in [-0.05, 0) is 37.4 Å². The lowest BCUT2D eigenvalue weighted by molar-refractivity contribution is 0.154. The zero-order valence-corrected chi connectivity index (χ0v) is 11.5. The van der Waals surface area contributed by atoms with Crippen molar-refractivity contribution in [2.45, 2.75) is 38.8 Å². The van der Waals surface area contributed by atoms with E-state index in [0.717, 1.165) is 37.9 Å². The van der Waals surface area contributed by atoms with Gasteiger partial charge in [-0.2, -0.15) is 0 Å². The van der Waals surface area contributed by atoms with E-state index in [1.165, 1.54) is 6.07 Å². The smallest absolute Gasteiger partial charge is 0.146 e. The molecule has 1 aliphatic rings. The van der Waals surface area contributed by atoms with E-state index >= 15 is 0 Å². The van der Waals surface area contributed by atoms with Gasteiger partial charge in [-0.25, -0.2) is 4.39 Å². The Hall–Kier alpha value is -1.13. The van der Waals surface area contributed by atoms with Crippen molar-refractivity contribution in [3.63, 3.8) is 0 Å². The van der Waals surface area contributed by atoms with Gasteiger partial charge in [-0.3, -0.25) is 0 Å². The molecule has 0 spiro atoms. The molecule has 1 heterocycles. The Balaban J connectivity index is 2.16. The Morgan fingerprint density at radius 3 is 3.05 bits per heavy atom. The van der Waals surface area contributed by atoms with Crippen LogP contribution in [0.15, 0.2) is 18.2 Å². The van der Waals surface area contributed by atoms with Crippen LogP contribution in [0.1, 0.15) is 31.7 Å². The standard InChI is InChI=1S/C15H23FN2O/c1-2-8-17-10-12-5-3-7-14(16)15(12)18-9-4-6-13(19)11-18/h3,5,7,13,17,19H,2,4,6,8-11H2,1H3. The topological polar surface area (TPSA) is 35.5 Å². The van der Waals surface area contributed by atoms with Crippen molar-refractivity contribution in [2.75, 3.05) is 24.5 Å². The molecular formula is C15H23FN2O. The minimum absolute atomic E-state index is 0.190. The maximum absolute atomic E-state index is 14.1. The molecule has 0 aliphatic carbocycles. The average molecular weight is 266 g/mol. The molecular weight excluding hydrogens is 243 g/mol. The number of benzene rings is 1. The molecule has 1 atom stereocenters. The highest BCUT2D eigenvalue weighted by Crippen LogP contribution is 2.27. The van der Waals surface area contributed by atoms with Crippen LogP contribution in [0.3, 0.4) is 0 Å². The molecule has 106 valence electrons. The number of rotatable bonds is 5. The minimum atomic E-state index is -0.343. The maximum Gasteiger partial charge on any atom is 0.146 e. The molecule has 1 aromatic rings. The summed E-state index contributed by atoms with van der Waals surface area (Å²) in [5, 5.41) is 13.1. The Morgan fingerprint density at radius 1 is 1.47 bits per heavy atom. The number of β-amino-alcohol motifs (C(OH)–C–C–N with tert-alkyl or cyclic N) is 1. The summed E-state index contributed by atoms with van der Waals surface area (Å²) >= 11 is 0. The fraction of sp³-hybridized carbons (Fsp3) is 0.600. The Kier molecular flexibility index (Phi) is 5.16. The molecule has 1 aliphatic heterocycles. The van der Waals surface area contributed by atoms with Gasteiger partial charge in [0.2, 0.25) is 0 Å². The Morgan fingerprint density at radius 2 is 2.32 bits per heavy atom. The van der Waals surface area contributed by atoms with Crippen LogP contribution in [0.2, 0.25) is 0 Å². The normalized spacial score (nSPS) is 19.7. The number of nitrogens with zero attached hydrogens (tertiary/aromatic N) is 1. The second-order valence-corrected chi connectivity index (χ2v) is 5.17. The summed E-state index contributed by atoms with van der Waals surface area (Å²) in [5.41, 5.74) is 1.63. The molecule has 0 radical (unpaired) electrons. The zero-order chi connectivity index (χ0) is 13.7. The third-order valence-electron chi connectivity index (χ3n) is 3.53. The van der Waals surface area contributed by atoms with E-state index in [0.29, 0.717) is 18.8 Å².